The first kappa shape index (κ1) is 15.0. The summed E-state index contributed by atoms with van der Waals surface area (Å²) in [6.45, 7) is 3.86. The van der Waals surface area contributed by atoms with Crippen molar-refractivity contribution in [2.75, 3.05) is 12.1 Å². The Hall–Kier alpha value is -2.38. The molecule has 0 aliphatic rings. The Labute approximate surface area is 129 Å². The highest BCUT2D eigenvalue weighted by atomic mass is 35.5. The minimum atomic E-state index is 0.346. The minimum Gasteiger partial charge on any atom is -0.250 e. The van der Waals surface area contributed by atoms with Gasteiger partial charge in [0.15, 0.2) is 5.82 Å². The number of pyridine rings is 1. The molecule has 1 aromatic carbocycles. The molecule has 2 rings (SSSR count). The molecular formula is C16H15ClN4. The first-order valence-electron chi connectivity index (χ1n) is 6.43. The van der Waals surface area contributed by atoms with Crippen LogP contribution in [0.3, 0.4) is 0 Å². The van der Waals surface area contributed by atoms with Crippen LogP contribution < -0.4 is 5.01 Å². The van der Waals surface area contributed by atoms with Gasteiger partial charge >= 0.3 is 0 Å². The number of anilines is 1. The lowest BCUT2D eigenvalue weighted by Crippen LogP contribution is -2.13. The molecule has 1 aromatic heterocycles. The van der Waals surface area contributed by atoms with Crippen molar-refractivity contribution < 1.29 is 0 Å². The van der Waals surface area contributed by atoms with E-state index in [1.54, 1.807) is 24.3 Å². The van der Waals surface area contributed by atoms with Gasteiger partial charge in [-0.2, -0.15) is 10.4 Å². The largest absolute Gasteiger partial charge is 0.250 e. The minimum absolute atomic E-state index is 0.346. The molecule has 21 heavy (non-hydrogen) atoms. The Kier molecular flexibility index (Phi) is 4.56. The van der Waals surface area contributed by atoms with Gasteiger partial charge in [-0.25, -0.2) is 9.99 Å². The first-order chi connectivity index (χ1) is 10.0. The summed E-state index contributed by atoms with van der Waals surface area (Å²) in [6, 6.07) is 11.8. The highest BCUT2D eigenvalue weighted by Gasteiger charge is 2.12. The van der Waals surface area contributed by atoms with Crippen molar-refractivity contribution in [2.45, 2.75) is 13.8 Å². The number of rotatable bonds is 3. The van der Waals surface area contributed by atoms with Gasteiger partial charge in [0.25, 0.3) is 0 Å². The van der Waals surface area contributed by atoms with Crippen LogP contribution in [-0.4, -0.2) is 18.2 Å². The van der Waals surface area contributed by atoms with Gasteiger partial charge in [0, 0.05) is 7.05 Å². The van der Waals surface area contributed by atoms with Gasteiger partial charge in [0.2, 0.25) is 0 Å². The van der Waals surface area contributed by atoms with Gasteiger partial charge in [-0.15, -0.1) is 0 Å². The summed E-state index contributed by atoms with van der Waals surface area (Å²) in [5.41, 5.74) is 3.43. The van der Waals surface area contributed by atoms with E-state index in [0.29, 0.717) is 16.5 Å². The summed E-state index contributed by atoms with van der Waals surface area (Å²) < 4.78 is 0. The van der Waals surface area contributed by atoms with E-state index in [0.717, 1.165) is 11.1 Å². The molecule has 1 heterocycles. The molecule has 0 radical (unpaired) electrons. The lowest BCUT2D eigenvalue weighted by Gasteiger charge is -2.14. The third-order valence-corrected chi connectivity index (χ3v) is 3.24. The van der Waals surface area contributed by atoms with E-state index < -0.39 is 0 Å². The smallest absolute Gasteiger partial charge is 0.168 e. The number of nitrogens with zero attached hydrogens (tertiary/aromatic N) is 4. The number of hydrogen-bond donors (Lipinski definition) is 0. The fourth-order valence-corrected chi connectivity index (χ4v) is 2.09. The highest BCUT2D eigenvalue weighted by molar-refractivity contribution is 6.29. The number of nitriles is 1. The molecule has 4 nitrogen and oxygen atoms in total. The Bertz CT molecular complexity index is 714. The average Bonchev–Trinajstić information content (AvgIpc) is 2.45. The van der Waals surface area contributed by atoms with E-state index in [1.807, 2.05) is 38.1 Å². The predicted molar refractivity (Wildman–Crippen MR) is 85.9 cm³/mol. The van der Waals surface area contributed by atoms with Gasteiger partial charge in [-0.1, -0.05) is 41.4 Å². The maximum atomic E-state index is 9.24. The highest BCUT2D eigenvalue weighted by Crippen LogP contribution is 2.23. The number of halogens is 1. The van der Waals surface area contributed by atoms with E-state index in [4.69, 9.17) is 11.6 Å². The molecule has 0 spiro atoms. The summed E-state index contributed by atoms with van der Waals surface area (Å²) >= 11 is 5.96. The zero-order valence-corrected chi connectivity index (χ0v) is 12.9. The Balaban J connectivity index is 2.30. The normalized spacial score (nSPS) is 10.6. The monoisotopic (exact) mass is 298 g/mol. The molecule has 0 aliphatic carbocycles. The molecule has 106 valence electrons. The van der Waals surface area contributed by atoms with E-state index in [2.05, 4.69) is 16.2 Å². The molecule has 2 aromatic rings. The van der Waals surface area contributed by atoms with E-state index in [-0.39, 0.29) is 0 Å². The molecule has 0 saturated heterocycles. The molecule has 0 bridgehead atoms. The van der Waals surface area contributed by atoms with Crippen LogP contribution in [0.2, 0.25) is 5.15 Å². The number of aryl methyl sites for hydroxylation is 2. The van der Waals surface area contributed by atoms with Crippen LogP contribution >= 0.6 is 11.6 Å². The molecule has 0 atom stereocenters. The molecular weight excluding hydrogens is 284 g/mol. The van der Waals surface area contributed by atoms with Crippen LogP contribution in [0.1, 0.15) is 22.3 Å². The second-order valence-electron chi connectivity index (χ2n) is 4.75. The van der Waals surface area contributed by atoms with Crippen LogP contribution in [0.15, 0.2) is 35.4 Å². The SMILES string of the molecule is Cc1ccc(/C=N\N(C)c2nc(Cl)cc(C)c2C#N)cc1. The third kappa shape index (κ3) is 3.59. The fourth-order valence-electron chi connectivity index (χ4n) is 1.85. The Morgan fingerprint density at radius 2 is 1.95 bits per heavy atom. The van der Waals surface area contributed by atoms with Crippen molar-refractivity contribution in [3.63, 3.8) is 0 Å². The van der Waals surface area contributed by atoms with Crippen molar-refractivity contribution >= 4 is 23.6 Å². The van der Waals surface area contributed by atoms with Gasteiger partial charge < -0.3 is 0 Å². The van der Waals surface area contributed by atoms with Gasteiger partial charge in [0.1, 0.15) is 11.2 Å². The van der Waals surface area contributed by atoms with Crippen molar-refractivity contribution in [1.82, 2.24) is 4.98 Å². The lowest BCUT2D eigenvalue weighted by molar-refractivity contribution is 0.974. The number of benzene rings is 1. The Morgan fingerprint density at radius 3 is 2.57 bits per heavy atom. The zero-order chi connectivity index (χ0) is 15.4. The number of hydrazone groups is 1. The second kappa shape index (κ2) is 6.38. The molecule has 5 heteroatoms. The van der Waals surface area contributed by atoms with E-state index in [9.17, 15) is 5.26 Å². The van der Waals surface area contributed by atoms with Gasteiger partial charge in [-0.05, 0) is 31.0 Å². The Morgan fingerprint density at radius 1 is 1.29 bits per heavy atom. The van der Waals surface area contributed by atoms with Crippen LogP contribution in [0.4, 0.5) is 5.82 Å². The van der Waals surface area contributed by atoms with Gasteiger partial charge in [0.05, 0.1) is 11.8 Å². The summed E-state index contributed by atoms with van der Waals surface area (Å²) in [7, 11) is 1.74. The zero-order valence-electron chi connectivity index (χ0n) is 12.1. The summed E-state index contributed by atoms with van der Waals surface area (Å²) in [6.07, 6.45) is 1.72. The van der Waals surface area contributed by atoms with E-state index in [1.165, 1.54) is 5.56 Å². The average molecular weight is 299 g/mol. The summed E-state index contributed by atoms with van der Waals surface area (Å²) in [5.74, 6) is 0.450. The molecule has 0 saturated carbocycles. The molecule has 0 aliphatic heterocycles. The quantitative estimate of drug-likeness (QED) is 0.493. The molecule has 0 unspecified atom stereocenters. The van der Waals surface area contributed by atoms with Crippen LogP contribution in [0, 0.1) is 25.2 Å². The van der Waals surface area contributed by atoms with Crippen molar-refractivity contribution in [3.05, 3.63) is 57.7 Å². The van der Waals surface area contributed by atoms with Crippen LogP contribution in [0.5, 0.6) is 0 Å². The molecule has 0 N–H and O–H groups in total. The second-order valence-corrected chi connectivity index (χ2v) is 5.14. The predicted octanol–water partition coefficient (Wildman–Crippen LogP) is 3.69. The van der Waals surface area contributed by atoms with Gasteiger partial charge in [-0.3, -0.25) is 0 Å². The number of aromatic nitrogens is 1. The maximum absolute atomic E-state index is 9.24. The third-order valence-electron chi connectivity index (χ3n) is 3.04. The fraction of sp³-hybridized carbons (Fsp3) is 0.188. The topological polar surface area (TPSA) is 52.3 Å². The summed E-state index contributed by atoms with van der Waals surface area (Å²) in [5, 5.41) is 15.5. The standard InChI is InChI=1S/C16H15ClN4/c1-11-4-6-13(7-5-11)10-19-21(3)16-14(9-18)12(2)8-15(17)20-16/h4-8,10H,1-3H3/b19-10-. The first-order valence-corrected chi connectivity index (χ1v) is 6.80. The van der Waals surface area contributed by atoms with Crippen LogP contribution in [-0.2, 0) is 0 Å². The van der Waals surface area contributed by atoms with Crippen molar-refractivity contribution in [3.8, 4) is 6.07 Å². The van der Waals surface area contributed by atoms with Crippen molar-refractivity contribution in [1.29, 1.82) is 5.26 Å². The molecule has 0 amide bonds. The number of hydrogen-bond acceptors (Lipinski definition) is 4. The summed E-state index contributed by atoms with van der Waals surface area (Å²) in [4.78, 5) is 4.19. The van der Waals surface area contributed by atoms with Crippen molar-refractivity contribution in [2.24, 2.45) is 5.10 Å². The van der Waals surface area contributed by atoms with E-state index >= 15 is 0 Å². The maximum Gasteiger partial charge on any atom is 0.168 e. The van der Waals surface area contributed by atoms with Crippen LogP contribution in [0.25, 0.3) is 0 Å². The molecule has 0 fully saturated rings. The lowest BCUT2D eigenvalue weighted by atomic mass is 10.1.